The molecular weight excluding hydrogens is 280 g/mol. The van der Waals surface area contributed by atoms with Crippen molar-refractivity contribution in [2.24, 2.45) is 0 Å². The van der Waals surface area contributed by atoms with Gasteiger partial charge in [-0.2, -0.15) is 4.98 Å². The molecule has 0 bridgehead atoms. The van der Waals surface area contributed by atoms with E-state index < -0.39 is 0 Å². The Morgan fingerprint density at radius 2 is 2.00 bits per heavy atom. The summed E-state index contributed by atoms with van der Waals surface area (Å²) in [5, 5.41) is 2.24. The van der Waals surface area contributed by atoms with E-state index in [1.54, 1.807) is 0 Å². The number of hydrogen-bond acceptors (Lipinski definition) is 3. The van der Waals surface area contributed by atoms with E-state index >= 15 is 0 Å². The number of benzene rings is 2. The highest BCUT2D eigenvalue weighted by molar-refractivity contribution is 9.10. The van der Waals surface area contributed by atoms with Crippen molar-refractivity contribution < 1.29 is 4.42 Å². The molecule has 3 nitrogen and oxygen atoms in total. The lowest BCUT2D eigenvalue weighted by Gasteiger charge is -2.03. The second-order valence-electron chi connectivity index (χ2n) is 4.17. The van der Waals surface area contributed by atoms with Crippen LogP contribution in [0.1, 0.15) is 0 Å². The smallest absolute Gasteiger partial charge is 0.297 e. The Morgan fingerprint density at radius 1 is 1.18 bits per heavy atom. The van der Waals surface area contributed by atoms with Crippen molar-refractivity contribution in [2.75, 3.05) is 19.0 Å². The van der Waals surface area contributed by atoms with Gasteiger partial charge in [0.15, 0.2) is 5.58 Å². The van der Waals surface area contributed by atoms with E-state index in [4.69, 9.17) is 4.42 Å². The average molecular weight is 291 g/mol. The molecule has 0 saturated heterocycles. The van der Waals surface area contributed by atoms with Crippen LogP contribution in [0, 0.1) is 0 Å². The first-order chi connectivity index (χ1) is 8.15. The molecule has 1 heterocycles. The molecule has 0 spiro atoms. The number of nitrogens with zero attached hydrogens (tertiary/aromatic N) is 2. The SMILES string of the molecule is CN(C)c1nc2ccc3cc(Br)ccc3c2o1. The van der Waals surface area contributed by atoms with Crippen LogP contribution in [0.25, 0.3) is 21.9 Å². The molecule has 86 valence electrons. The zero-order valence-electron chi connectivity index (χ0n) is 9.57. The van der Waals surface area contributed by atoms with Gasteiger partial charge in [0.05, 0.1) is 0 Å². The van der Waals surface area contributed by atoms with Crippen LogP contribution >= 0.6 is 15.9 Å². The zero-order chi connectivity index (χ0) is 12.0. The third-order valence-corrected chi connectivity index (χ3v) is 3.20. The quantitative estimate of drug-likeness (QED) is 0.682. The van der Waals surface area contributed by atoms with Crippen molar-refractivity contribution in [3.63, 3.8) is 0 Å². The second-order valence-corrected chi connectivity index (χ2v) is 5.09. The zero-order valence-corrected chi connectivity index (χ0v) is 11.2. The lowest BCUT2D eigenvalue weighted by Crippen LogP contribution is -2.08. The van der Waals surface area contributed by atoms with Gasteiger partial charge in [-0.25, -0.2) is 0 Å². The number of hydrogen-bond donors (Lipinski definition) is 0. The largest absolute Gasteiger partial charge is 0.423 e. The van der Waals surface area contributed by atoms with Crippen molar-refractivity contribution >= 4 is 43.8 Å². The van der Waals surface area contributed by atoms with Crippen molar-refractivity contribution in [3.05, 3.63) is 34.8 Å². The van der Waals surface area contributed by atoms with E-state index in [1.165, 1.54) is 0 Å². The summed E-state index contributed by atoms with van der Waals surface area (Å²) in [5.74, 6) is 0. The molecule has 4 heteroatoms. The molecule has 3 aromatic rings. The summed E-state index contributed by atoms with van der Waals surface area (Å²) >= 11 is 3.47. The molecule has 0 aliphatic heterocycles. The number of oxazole rings is 1. The Hall–Kier alpha value is -1.55. The van der Waals surface area contributed by atoms with Crippen LogP contribution in [0.5, 0.6) is 0 Å². The highest BCUT2D eigenvalue weighted by Crippen LogP contribution is 2.30. The molecule has 0 atom stereocenters. The molecule has 3 rings (SSSR count). The minimum Gasteiger partial charge on any atom is -0.423 e. The fourth-order valence-electron chi connectivity index (χ4n) is 1.86. The minimum atomic E-state index is 0.635. The van der Waals surface area contributed by atoms with Gasteiger partial charge in [0.1, 0.15) is 5.52 Å². The molecule has 17 heavy (non-hydrogen) atoms. The lowest BCUT2D eigenvalue weighted by atomic mass is 10.1. The number of halogens is 1. The molecule has 2 aromatic carbocycles. The van der Waals surface area contributed by atoms with Crippen molar-refractivity contribution in [2.45, 2.75) is 0 Å². The molecule has 0 saturated carbocycles. The summed E-state index contributed by atoms with van der Waals surface area (Å²) < 4.78 is 6.85. The van der Waals surface area contributed by atoms with Gasteiger partial charge in [-0.1, -0.05) is 22.0 Å². The van der Waals surface area contributed by atoms with Crippen LogP contribution in [0.2, 0.25) is 0 Å². The van der Waals surface area contributed by atoms with E-state index in [9.17, 15) is 0 Å². The molecule has 0 aliphatic rings. The number of fused-ring (bicyclic) bond motifs is 3. The highest BCUT2D eigenvalue weighted by atomic mass is 79.9. The van der Waals surface area contributed by atoms with Gasteiger partial charge >= 0.3 is 0 Å². The summed E-state index contributed by atoms with van der Waals surface area (Å²) in [6.45, 7) is 0. The summed E-state index contributed by atoms with van der Waals surface area (Å²) in [7, 11) is 3.84. The summed E-state index contributed by atoms with van der Waals surface area (Å²) in [6, 6.07) is 10.8. The van der Waals surface area contributed by atoms with Crippen molar-refractivity contribution in [1.29, 1.82) is 0 Å². The average Bonchev–Trinajstić information content (AvgIpc) is 2.72. The summed E-state index contributed by atoms with van der Waals surface area (Å²) in [6.07, 6.45) is 0. The van der Waals surface area contributed by atoms with Gasteiger partial charge in [-0.3, -0.25) is 0 Å². The maximum Gasteiger partial charge on any atom is 0.297 e. The third kappa shape index (κ3) is 1.69. The predicted molar refractivity (Wildman–Crippen MR) is 73.5 cm³/mol. The Kier molecular flexibility index (Phi) is 2.33. The lowest BCUT2D eigenvalue weighted by molar-refractivity contribution is 0.599. The van der Waals surface area contributed by atoms with Gasteiger partial charge in [0.2, 0.25) is 0 Å². The van der Waals surface area contributed by atoms with Crippen LogP contribution in [0.3, 0.4) is 0 Å². The van der Waals surface area contributed by atoms with E-state index in [0.29, 0.717) is 6.01 Å². The van der Waals surface area contributed by atoms with E-state index in [2.05, 4.69) is 33.0 Å². The van der Waals surface area contributed by atoms with Crippen LogP contribution in [-0.4, -0.2) is 19.1 Å². The number of rotatable bonds is 1. The fourth-order valence-corrected chi connectivity index (χ4v) is 2.24. The number of anilines is 1. The van der Waals surface area contributed by atoms with Gasteiger partial charge in [0.25, 0.3) is 6.01 Å². The standard InChI is InChI=1S/C13H11BrN2O/c1-16(2)13-15-11-6-3-8-7-9(14)4-5-10(8)12(11)17-13/h3-7H,1-2H3. The monoisotopic (exact) mass is 290 g/mol. The Bertz CT molecular complexity index is 703. The maximum absolute atomic E-state index is 5.78. The normalized spacial score (nSPS) is 11.2. The molecule has 0 amide bonds. The summed E-state index contributed by atoms with van der Waals surface area (Å²) in [5.41, 5.74) is 1.74. The first-order valence-electron chi connectivity index (χ1n) is 5.31. The van der Waals surface area contributed by atoms with Crippen molar-refractivity contribution in [3.8, 4) is 0 Å². The maximum atomic E-state index is 5.78. The number of aromatic nitrogens is 1. The molecule has 0 radical (unpaired) electrons. The second kappa shape index (κ2) is 3.74. The molecule has 0 unspecified atom stereocenters. The fraction of sp³-hybridized carbons (Fsp3) is 0.154. The van der Waals surface area contributed by atoms with Crippen LogP contribution in [-0.2, 0) is 0 Å². The van der Waals surface area contributed by atoms with Crippen LogP contribution in [0.15, 0.2) is 39.2 Å². The van der Waals surface area contributed by atoms with E-state index in [-0.39, 0.29) is 0 Å². The molecular formula is C13H11BrN2O. The highest BCUT2D eigenvalue weighted by Gasteiger charge is 2.10. The van der Waals surface area contributed by atoms with Crippen LogP contribution in [0.4, 0.5) is 6.01 Å². The topological polar surface area (TPSA) is 29.3 Å². The Labute approximate surface area is 107 Å². The van der Waals surface area contributed by atoms with Gasteiger partial charge in [-0.05, 0) is 29.7 Å². The molecule has 0 fully saturated rings. The van der Waals surface area contributed by atoms with E-state index in [1.807, 2.05) is 37.2 Å². The van der Waals surface area contributed by atoms with Crippen molar-refractivity contribution in [1.82, 2.24) is 4.98 Å². The third-order valence-electron chi connectivity index (χ3n) is 2.70. The predicted octanol–water partition coefficient (Wildman–Crippen LogP) is 3.81. The van der Waals surface area contributed by atoms with E-state index in [0.717, 1.165) is 26.3 Å². The van der Waals surface area contributed by atoms with Gasteiger partial charge in [-0.15, -0.1) is 0 Å². The summed E-state index contributed by atoms with van der Waals surface area (Å²) in [4.78, 5) is 6.30. The molecule has 0 N–H and O–H groups in total. The van der Waals surface area contributed by atoms with Gasteiger partial charge in [0, 0.05) is 24.0 Å². The van der Waals surface area contributed by atoms with Gasteiger partial charge < -0.3 is 9.32 Å². The molecule has 1 aromatic heterocycles. The first kappa shape index (κ1) is 10.6. The first-order valence-corrected chi connectivity index (χ1v) is 6.10. The minimum absolute atomic E-state index is 0.635. The Morgan fingerprint density at radius 3 is 2.76 bits per heavy atom. The Balaban J connectivity index is 2.38. The van der Waals surface area contributed by atoms with Crippen LogP contribution < -0.4 is 4.90 Å². The molecule has 0 aliphatic carbocycles.